The minimum absolute atomic E-state index is 0.345. The van der Waals surface area contributed by atoms with Crippen LogP contribution in [0.2, 0.25) is 0 Å². The van der Waals surface area contributed by atoms with E-state index in [-0.39, 0.29) is 0 Å². The Kier molecular flexibility index (Phi) is 4.30. The molecular formula is C9H14O2. The predicted octanol–water partition coefficient (Wildman–Crippen LogP) is 1.62. The molecule has 0 bridgehead atoms. The van der Waals surface area contributed by atoms with Crippen molar-refractivity contribution in [3.05, 3.63) is 29.3 Å². The molecule has 1 rings (SSSR count). The molecule has 0 atom stereocenters. The molecule has 0 aliphatic rings. The highest BCUT2D eigenvalue weighted by molar-refractivity contribution is 5.32. The minimum Gasteiger partial charge on any atom is -0.508 e. The fourth-order valence-corrected chi connectivity index (χ4v) is 0.726. The average molecular weight is 154 g/mol. The van der Waals surface area contributed by atoms with Gasteiger partial charge in [-0.15, -0.1) is 0 Å². The average Bonchev–Trinajstić information content (AvgIpc) is 2.02. The Balaban J connectivity index is 0.000000461. The van der Waals surface area contributed by atoms with Gasteiger partial charge in [-0.3, -0.25) is 0 Å². The molecule has 0 heterocycles. The van der Waals surface area contributed by atoms with Gasteiger partial charge in [0.15, 0.2) is 0 Å². The first kappa shape index (κ1) is 9.98. The van der Waals surface area contributed by atoms with Crippen molar-refractivity contribution in [1.29, 1.82) is 0 Å². The molecule has 11 heavy (non-hydrogen) atoms. The molecule has 0 saturated heterocycles. The summed E-state index contributed by atoms with van der Waals surface area (Å²) in [6.07, 6.45) is 0. The highest BCUT2D eigenvalue weighted by atomic mass is 16.3. The van der Waals surface area contributed by atoms with Crippen LogP contribution in [0.1, 0.15) is 11.1 Å². The molecule has 1 aromatic carbocycles. The number of aryl methyl sites for hydroxylation is 2. The Morgan fingerprint density at radius 1 is 1.00 bits per heavy atom. The lowest BCUT2D eigenvalue weighted by molar-refractivity contribution is 0.399. The lowest BCUT2D eigenvalue weighted by Gasteiger charge is -1.97. The number of phenolic OH excluding ortho intramolecular Hbond substituents is 1. The SMILES string of the molecule is CO.Cc1ccc(O)cc1C. The maximum atomic E-state index is 8.94. The Morgan fingerprint density at radius 2 is 1.55 bits per heavy atom. The van der Waals surface area contributed by atoms with Crippen molar-refractivity contribution in [1.82, 2.24) is 0 Å². The standard InChI is InChI=1S/C8H10O.CH4O/c1-6-3-4-8(9)5-7(6)2;1-2/h3-5,9H,1-2H3;2H,1H3. The van der Waals surface area contributed by atoms with E-state index in [9.17, 15) is 0 Å². The molecule has 0 saturated carbocycles. The lowest BCUT2D eigenvalue weighted by Crippen LogP contribution is -1.76. The molecule has 0 aromatic heterocycles. The smallest absolute Gasteiger partial charge is 0.115 e. The maximum absolute atomic E-state index is 8.94. The maximum Gasteiger partial charge on any atom is 0.115 e. The highest BCUT2D eigenvalue weighted by Gasteiger charge is 1.90. The van der Waals surface area contributed by atoms with Gasteiger partial charge in [-0.1, -0.05) is 6.07 Å². The molecule has 1 aromatic rings. The summed E-state index contributed by atoms with van der Waals surface area (Å²) >= 11 is 0. The summed E-state index contributed by atoms with van der Waals surface area (Å²) < 4.78 is 0. The molecule has 0 unspecified atom stereocenters. The first-order valence-corrected chi connectivity index (χ1v) is 3.41. The number of phenols is 1. The Hall–Kier alpha value is -1.02. The van der Waals surface area contributed by atoms with E-state index in [1.54, 1.807) is 12.1 Å². The summed E-state index contributed by atoms with van der Waals surface area (Å²) in [5, 5.41) is 15.9. The van der Waals surface area contributed by atoms with Crippen molar-refractivity contribution >= 4 is 0 Å². The zero-order valence-corrected chi connectivity index (χ0v) is 7.13. The molecule has 0 spiro atoms. The lowest BCUT2D eigenvalue weighted by atomic mass is 10.1. The van der Waals surface area contributed by atoms with Gasteiger partial charge in [-0.25, -0.2) is 0 Å². The molecule has 2 heteroatoms. The summed E-state index contributed by atoms with van der Waals surface area (Å²) in [4.78, 5) is 0. The summed E-state index contributed by atoms with van der Waals surface area (Å²) in [6.45, 7) is 4.00. The number of hydrogen-bond donors (Lipinski definition) is 2. The van der Waals surface area contributed by atoms with Crippen LogP contribution in [0.15, 0.2) is 18.2 Å². The van der Waals surface area contributed by atoms with Crippen LogP contribution in [0.3, 0.4) is 0 Å². The van der Waals surface area contributed by atoms with E-state index in [0.29, 0.717) is 5.75 Å². The normalized spacial score (nSPS) is 8.36. The third kappa shape index (κ3) is 3.05. The van der Waals surface area contributed by atoms with Gasteiger partial charge in [0.05, 0.1) is 0 Å². The summed E-state index contributed by atoms with van der Waals surface area (Å²) in [5.41, 5.74) is 2.35. The van der Waals surface area contributed by atoms with Gasteiger partial charge in [-0.05, 0) is 37.1 Å². The number of rotatable bonds is 0. The number of aliphatic hydroxyl groups excluding tert-OH is 1. The second kappa shape index (κ2) is 4.74. The minimum atomic E-state index is 0.345. The van der Waals surface area contributed by atoms with Gasteiger partial charge >= 0.3 is 0 Å². The van der Waals surface area contributed by atoms with Crippen LogP contribution >= 0.6 is 0 Å². The van der Waals surface area contributed by atoms with Gasteiger partial charge in [0.1, 0.15) is 5.75 Å². The molecule has 2 N–H and O–H groups in total. The molecule has 2 nitrogen and oxygen atoms in total. The predicted molar refractivity (Wildman–Crippen MR) is 45.7 cm³/mol. The first-order valence-electron chi connectivity index (χ1n) is 3.41. The van der Waals surface area contributed by atoms with Gasteiger partial charge in [0.2, 0.25) is 0 Å². The third-order valence-electron chi connectivity index (χ3n) is 1.49. The fraction of sp³-hybridized carbons (Fsp3) is 0.333. The van der Waals surface area contributed by atoms with E-state index in [1.165, 1.54) is 5.56 Å². The Morgan fingerprint density at radius 3 is 1.91 bits per heavy atom. The van der Waals surface area contributed by atoms with Crippen LogP contribution in [-0.2, 0) is 0 Å². The molecule has 0 aliphatic heterocycles. The highest BCUT2D eigenvalue weighted by Crippen LogP contribution is 2.13. The van der Waals surface area contributed by atoms with Crippen molar-refractivity contribution in [2.24, 2.45) is 0 Å². The second-order valence-electron chi connectivity index (χ2n) is 2.27. The van der Waals surface area contributed by atoms with Crippen molar-refractivity contribution in [3.8, 4) is 5.75 Å². The largest absolute Gasteiger partial charge is 0.508 e. The summed E-state index contributed by atoms with van der Waals surface area (Å²) in [5.74, 6) is 0.345. The summed E-state index contributed by atoms with van der Waals surface area (Å²) in [7, 11) is 1.00. The number of aliphatic hydroxyl groups is 1. The topological polar surface area (TPSA) is 40.5 Å². The van der Waals surface area contributed by atoms with E-state index in [1.807, 2.05) is 19.9 Å². The van der Waals surface area contributed by atoms with Crippen LogP contribution in [-0.4, -0.2) is 17.3 Å². The first-order chi connectivity index (χ1) is 5.20. The van der Waals surface area contributed by atoms with Crippen molar-refractivity contribution in [2.45, 2.75) is 13.8 Å². The van der Waals surface area contributed by atoms with E-state index in [4.69, 9.17) is 10.2 Å². The quantitative estimate of drug-likeness (QED) is 0.596. The van der Waals surface area contributed by atoms with Crippen LogP contribution in [0, 0.1) is 13.8 Å². The zero-order valence-electron chi connectivity index (χ0n) is 7.13. The van der Waals surface area contributed by atoms with Crippen LogP contribution in [0.4, 0.5) is 0 Å². The summed E-state index contributed by atoms with van der Waals surface area (Å²) in [6, 6.07) is 5.36. The van der Waals surface area contributed by atoms with Gasteiger partial charge in [-0.2, -0.15) is 0 Å². The zero-order chi connectivity index (χ0) is 8.85. The molecule has 0 radical (unpaired) electrons. The second-order valence-corrected chi connectivity index (χ2v) is 2.27. The Bertz CT molecular complexity index is 219. The van der Waals surface area contributed by atoms with Gasteiger partial charge in [0, 0.05) is 7.11 Å². The monoisotopic (exact) mass is 154 g/mol. The third-order valence-corrected chi connectivity index (χ3v) is 1.49. The number of hydrogen-bond acceptors (Lipinski definition) is 2. The number of benzene rings is 1. The fourth-order valence-electron chi connectivity index (χ4n) is 0.726. The molecular weight excluding hydrogens is 140 g/mol. The van der Waals surface area contributed by atoms with Crippen LogP contribution < -0.4 is 0 Å². The van der Waals surface area contributed by atoms with Crippen molar-refractivity contribution < 1.29 is 10.2 Å². The van der Waals surface area contributed by atoms with Crippen LogP contribution in [0.5, 0.6) is 5.75 Å². The van der Waals surface area contributed by atoms with E-state index in [2.05, 4.69) is 0 Å². The van der Waals surface area contributed by atoms with E-state index >= 15 is 0 Å². The molecule has 0 amide bonds. The van der Waals surface area contributed by atoms with Crippen molar-refractivity contribution in [3.63, 3.8) is 0 Å². The van der Waals surface area contributed by atoms with E-state index < -0.39 is 0 Å². The molecule has 0 fully saturated rings. The van der Waals surface area contributed by atoms with E-state index in [0.717, 1.165) is 12.7 Å². The Labute approximate surface area is 67.1 Å². The van der Waals surface area contributed by atoms with Gasteiger partial charge < -0.3 is 10.2 Å². The van der Waals surface area contributed by atoms with Crippen molar-refractivity contribution in [2.75, 3.05) is 7.11 Å². The van der Waals surface area contributed by atoms with Gasteiger partial charge in [0.25, 0.3) is 0 Å². The molecule has 0 aliphatic carbocycles. The van der Waals surface area contributed by atoms with Crippen LogP contribution in [0.25, 0.3) is 0 Å². The number of aromatic hydroxyl groups is 1. The molecule has 62 valence electrons.